The number of halogens is 1. The van der Waals surface area contributed by atoms with Crippen molar-refractivity contribution >= 4 is 46.1 Å². The van der Waals surface area contributed by atoms with Crippen LogP contribution >= 0.6 is 22.6 Å². The second kappa shape index (κ2) is 16.1. The number of nitrogens with zero attached hydrogens (tertiary/aromatic N) is 1. The predicted octanol–water partition coefficient (Wildman–Crippen LogP) is 4.64. The number of ketones is 2. The highest BCUT2D eigenvalue weighted by Crippen LogP contribution is 2.45. The highest BCUT2D eigenvalue weighted by atomic mass is 127. The molecule has 3 heterocycles. The van der Waals surface area contributed by atoms with E-state index in [1.165, 1.54) is 14.0 Å². The molecule has 0 spiro atoms. The van der Waals surface area contributed by atoms with Crippen molar-refractivity contribution in [2.75, 3.05) is 20.7 Å². The summed E-state index contributed by atoms with van der Waals surface area (Å²) in [6, 6.07) is -0.287. The average Bonchev–Trinajstić information content (AvgIpc) is 3.33. The number of aliphatic hydroxyl groups is 1. The predicted molar refractivity (Wildman–Crippen MR) is 184 cm³/mol. The topological polar surface area (TPSA) is 138 Å². The molecule has 0 aliphatic carbocycles. The molecule has 0 saturated carbocycles. The van der Waals surface area contributed by atoms with Gasteiger partial charge >= 0.3 is 11.9 Å². The summed E-state index contributed by atoms with van der Waals surface area (Å²) < 4.78 is 31.6. The summed E-state index contributed by atoms with van der Waals surface area (Å²) in [5.41, 5.74) is -2.46. The third-order valence-corrected chi connectivity index (χ3v) is 11.5. The first-order valence-electron chi connectivity index (χ1n) is 16.9. The molecule has 0 radical (unpaired) electrons. The average molecular weight is 778 g/mol. The van der Waals surface area contributed by atoms with Gasteiger partial charge in [0.2, 0.25) is 0 Å². The smallest absolute Gasteiger partial charge is 0.316 e. The second-order valence-corrected chi connectivity index (χ2v) is 16.0. The van der Waals surface area contributed by atoms with E-state index in [2.05, 4.69) is 34.1 Å². The molecule has 3 fully saturated rings. The van der Waals surface area contributed by atoms with Crippen molar-refractivity contribution in [3.05, 3.63) is 10.2 Å². The van der Waals surface area contributed by atoms with Gasteiger partial charge in [-0.05, 0) is 86.6 Å². The number of esters is 2. The Morgan fingerprint density at radius 3 is 2.30 bits per heavy atom. The number of rotatable bonds is 8. The van der Waals surface area contributed by atoms with Crippen LogP contribution in [0.2, 0.25) is 0 Å². The Balaban J connectivity index is 2.05. The first-order chi connectivity index (χ1) is 21.8. The van der Waals surface area contributed by atoms with Crippen molar-refractivity contribution in [3.8, 4) is 0 Å². The summed E-state index contributed by atoms with van der Waals surface area (Å²) in [4.78, 5) is 56.5. The first kappa shape index (κ1) is 40.0. The summed E-state index contributed by atoms with van der Waals surface area (Å²) in [5.74, 6) is -5.57. The Kier molecular flexibility index (Phi) is 13.7. The van der Waals surface area contributed by atoms with Crippen molar-refractivity contribution < 1.29 is 48.0 Å². The van der Waals surface area contributed by atoms with Gasteiger partial charge in [0.1, 0.15) is 29.5 Å². The maximum absolute atomic E-state index is 14.1. The summed E-state index contributed by atoms with van der Waals surface area (Å²) in [6.07, 6.45) is -2.46. The summed E-state index contributed by atoms with van der Waals surface area (Å²) in [6.45, 7) is 18.6. The van der Waals surface area contributed by atoms with E-state index in [1.807, 2.05) is 20.9 Å². The molecule has 0 amide bonds. The fourth-order valence-corrected chi connectivity index (χ4v) is 8.12. The monoisotopic (exact) mass is 777 g/mol. The number of methoxy groups -OCH3 is 1. The van der Waals surface area contributed by atoms with Gasteiger partial charge in [-0.25, -0.2) is 0 Å². The van der Waals surface area contributed by atoms with E-state index in [-0.39, 0.29) is 30.8 Å². The molecule has 12 heteroatoms. The Bertz CT molecular complexity index is 1180. The van der Waals surface area contributed by atoms with E-state index >= 15 is 0 Å². The van der Waals surface area contributed by atoms with E-state index in [4.69, 9.17) is 23.7 Å². The number of hydrogen-bond acceptors (Lipinski definition) is 11. The van der Waals surface area contributed by atoms with E-state index in [0.717, 1.165) is 10.0 Å². The number of carbonyl (C=O) groups is 4. The zero-order valence-corrected chi connectivity index (χ0v) is 31.9. The SMILES string of the molecule is C=C(I)CCN(C)[C@H]1C[C@@H](C)O[C@@H](O[C@@H]2[C@@H](C)C(=O)[C@@H](C)C(=O)O[C@H](CC)[C@@]3(C)OC(=O)C[C@@H]3[C@@H](C)C(=O)[C@H](C)C[C@@]2(C)OC)[C@@H]1O. The Morgan fingerprint density at radius 2 is 1.72 bits per heavy atom. The molecular weight excluding hydrogens is 721 g/mol. The van der Waals surface area contributed by atoms with E-state index < -0.39 is 83.1 Å². The molecule has 0 bridgehead atoms. The Hall–Kier alpha value is -1.45. The number of fused-ring (bicyclic) bond motifs is 1. The molecule has 3 saturated heterocycles. The first-order valence-corrected chi connectivity index (χ1v) is 18.0. The summed E-state index contributed by atoms with van der Waals surface area (Å²) in [5, 5.41) is 11.6. The molecule has 0 aromatic rings. The van der Waals surface area contributed by atoms with Crippen LogP contribution in [-0.4, -0.2) is 102 Å². The number of ether oxygens (including phenoxy) is 5. The quantitative estimate of drug-likeness (QED) is 0.210. The highest BCUT2D eigenvalue weighted by molar-refractivity contribution is 14.1. The van der Waals surface area contributed by atoms with E-state index in [1.54, 1.807) is 34.6 Å². The third-order valence-electron chi connectivity index (χ3n) is 10.9. The number of likely N-dealkylation sites (N-methyl/N-ethyl adjacent to an activating group) is 1. The zero-order valence-electron chi connectivity index (χ0n) is 29.7. The fraction of sp³-hybridized carbons (Fsp3) is 0.829. The van der Waals surface area contributed by atoms with Crippen LogP contribution in [0.4, 0.5) is 0 Å². The molecule has 11 nitrogen and oxygen atoms in total. The van der Waals surface area contributed by atoms with Crippen molar-refractivity contribution in [2.24, 2.45) is 29.6 Å². The van der Waals surface area contributed by atoms with Gasteiger partial charge in [-0.2, -0.15) is 0 Å². The molecule has 268 valence electrons. The lowest BCUT2D eigenvalue weighted by atomic mass is 9.70. The molecular formula is C35H56INO10. The van der Waals surface area contributed by atoms with Gasteiger partial charge in [0.15, 0.2) is 12.1 Å². The number of Topliss-reactive ketones (excluding diaryl/α,β-unsaturated/α-hetero) is 2. The molecule has 3 rings (SSSR count). The maximum atomic E-state index is 14.1. The molecule has 3 aliphatic rings. The number of carbonyl (C=O) groups excluding carboxylic acids is 4. The summed E-state index contributed by atoms with van der Waals surface area (Å²) >= 11 is 2.19. The molecule has 3 aliphatic heterocycles. The van der Waals surface area contributed by atoms with Crippen molar-refractivity contribution in [2.45, 2.75) is 135 Å². The van der Waals surface area contributed by atoms with Gasteiger partial charge in [-0.1, -0.05) is 34.3 Å². The van der Waals surface area contributed by atoms with Gasteiger partial charge < -0.3 is 33.7 Å². The minimum atomic E-state index is -1.23. The van der Waals surface area contributed by atoms with Crippen LogP contribution in [0.5, 0.6) is 0 Å². The second-order valence-electron chi connectivity index (χ2n) is 14.4. The van der Waals surface area contributed by atoms with Gasteiger partial charge in [0.25, 0.3) is 0 Å². The third kappa shape index (κ3) is 8.65. The molecule has 0 unspecified atom stereocenters. The van der Waals surface area contributed by atoms with Crippen LogP contribution in [0, 0.1) is 29.6 Å². The van der Waals surface area contributed by atoms with Crippen LogP contribution in [0.1, 0.15) is 87.5 Å². The Labute approximate surface area is 293 Å². The maximum Gasteiger partial charge on any atom is 0.316 e. The van der Waals surface area contributed by atoms with Crippen LogP contribution in [0.3, 0.4) is 0 Å². The summed E-state index contributed by atoms with van der Waals surface area (Å²) in [7, 11) is 3.43. The molecule has 1 N–H and O–H groups in total. The van der Waals surface area contributed by atoms with Crippen molar-refractivity contribution in [3.63, 3.8) is 0 Å². The molecule has 0 aromatic carbocycles. The lowest BCUT2D eigenvalue weighted by Crippen LogP contribution is -2.60. The highest BCUT2D eigenvalue weighted by Gasteiger charge is 2.57. The Morgan fingerprint density at radius 1 is 1.09 bits per heavy atom. The normalized spacial score (nSPS) is 42.4. The fourth-order valence-electron chi connectivity index (χ4n) is 7.88. The van der Waals surface area contributed by atoms with Crippen LogP contribution < -0.4 is 0 Å². The van der Waals surface area contributed by atoms with Gasteiger partial charge in [-0.3, -0.25) is 19.2 Å². The zero-order chi connectivity index (χ0) is 35.6. The molecule has 13 atom stereocenters. The van der Waals surface area contributed by atoms with E-state index in [0.29, 0.717) is 19.4 Å². The number of aliphatic hydroxyl groups excluding tert-OH is 1. The van der Waals surface area contributed by atoms with Crippen LogP contribution in [0.25, 0.3) is 0 Å². The van der Waals surface area contributed by atoms with Crippen molar-refractivity contribution in [1.29, 1.82) is 0 Å². The lowest BCUT2D eigenvalue weighted by Gasteiger charge is -2.47. The van der Waals surface area contributed by atoms with Crippen LogP contribution in [-0.2, 0) is 42.9 Å². The van der Waals surface area contributed by atoms with Gasteiger partial charge in [0.05, 0.1) is 24.2 Å². The van der Waals surface area contributed by atoms with Crippen molar-refractivity contribution in [1.82, 2.24) is 4.90 Å². The van der Waals surface area contributed by atoms with Gasteiger partial charge in [-0.15, -0.1) is 0 Å². The molecule has 47 heavy (non-hydrogen) atoms. The van der Waals surface area contributed by atoms with Crippen LogP contribution in [0.15, 0.2) is 10.2 Å². The number of cyclic esters (lactones) is 1. The largest absolute Gasteiger partial charge is 0.458 e. The minimum Gasteiger partial charge on any atom is -0.458 e. The van der Waals surface area contributed by atoms with Gasteiger partial charge in [0, 0.05) is 43.4 Å². The van der Waals surface area contributed by atoms with E-state index in [9.17, 15) is 24.3 Å². The lowest BCUT2D eigenvalue weighted by molar-refractivity contribution is -0.296. The minimum absolute atomic E-state index is 0.0135. The standard InChI is InChI=1S/C35H56INO10/c1-12-26-35(9)24(16-27(38)47-35)21(5)28(39)18(2)17-34(8,43-11)31(22(6)29(40)23(7)32(42)45-26)46-33-30(41)25(15-20(4)44-33)37(10)14-13-19(3)36/h18,20-26,30-31,33,41H,3,12-17H2,1-2,4-11H3/t18-,20-,21-,22+,23-,24-,25+,26-,30-,31-,33+,34-,35+/m1/s1. The number of hydrogen-bond donors (Lipinski definition) is 1. The molecule has 0 aromatic heterocycles.